The lowest BCUT2D eigenvalue weighted by Crippen LogP contribution is -2.04. The number of hydrogen-bond acceptors (Lipinski definition) is 3. The largest absolute Gasteiger partial charge is 0.469 e. The Balaban J connectivity index is 2.05. The van der Waals surface area contributed by atoms with Crippen molar-refractivity contribution in [1.82, 2.24) is 0 Å². The molecule has 1 aromatic heterocycles. The van der Waals surface area contributed by atoms with Crippen molar-refractivity contribution in [1.29, 1.82) is 0 Å². The summed E-state index contributed by atoms with van der Waals surface area (Å²) in [5.74, 6) is -0.247. The Hall–Kier alpha value is -2.07. The zero-order valence-electron chi connectivity index (χ0n) is 11.4. The van der Waals surface area contributed by atoms with Gasteiger partial charge in [0.25, 0.3) is 0 Å². The highest BCUT2D eigenvalue weighted by Gasteiger charge is 2.10. The molecule has 0 aliphatic carbocycles. The monoisotopic (exact) mass is 344 g/mol. The van der Waals surface area contributed by atoms with E-state index in [0.29, 0.717) is 0 Å². The first-order valence-electron chi connectivity index (χ1n) is 6.50. The highest BCUT2D eigenvalue weighted by Crippen LogP contribution is 2.32. The van der Waals surface area contributed by atoms with Gasteiger partial charge in [-0.3, -0.25) is 4.79 Å². The summed E-state index contributed by atoms with van der Waals surface area (Å²) in [6.07, 6.45) is 2.01. The van der Waals surface area contributed by atoms with Gasteiger partial charge in [-0.1, -0.05) is 34.1 Å². The van der Waals surface area contributed by atoms with Crippen molar-refractivity contribution in [3.63, 3.8) is 0 Å². The normalized spacial score (nSPS) is 10.8. The van der Waals surface area contributed by atoms with Crippen LogP contribution >= 0.6 is 15.9 Å². The molecule has 0 amide bonds. The van der Waals surface area contributed by atoms with Crippen LogP contribution in [0.2, 0.25) is 0 Å². The van der Waals surface area contributed by atoms with Crippen LogP contribution in [0.15, 0.2) is 57.6 Å². The van der Waals surface area contributed by atoms with Gasteiger partial charge in [0.15, 0.2) is 0 Å². The lowest BCUT2D eigenvalue weighted by Gasteiger charge is -2.02. The zero-order chi connectivity index (χ0) is 14.8. The van der Waals surface area contributed by atoms with Gasteiger partial charge in [-0.2, -0.15) is 0 Å². The minimum atomic E-state index is -0.247. The van der Waals surface area contributed by atoms with E-state index >= 15 is 0 Å². The van der Waals surface area contributed by atoms with Crippen LogP contribution in [0.3, 0.4) is 0 Å². The minimum Gasteiger partial charge on any atom is -0.469 e. The van der Waals surface area contributed by atoms with Crippen LogP contribution in [0.5, 0.6) is 0 Å². The Labute approximate surface area is 130 Å². The number of methoxy groups -OCH3 is 1. The van der Waals surface area contributed by atoms with Crippen molar-refractivity contribution in [3.05, 3.63) is 58.8 Å². The fraction of sp³-hybridized carbons (Fsp3) is 0.118. The number of esters is 1. The van der Waals surface area contributed by atoms with E-state index < -0.39 is 0 Å². The van der Waals surface area contributed by atoms with E-state index in [9.17, 15) is 4.79 Å². The van der Waals surface area contributed by atoms with E-state index in [1.54, 1.807) is 6.26 Å². The maximum Gasteiger partial charge on any atom is 0.309 e. The molecule has 4 heteroatoms. The zero-order valence-corrected chi connectivity index (χ0v) is 13.0. The third kappa shape index (κ3) is 2.85. The highest BCUT2D eigenvalue weighted by molar-refractivity contribution is 9.10. The van der Waals surface area contributed by atoms with Crippen LogP contribution in [0, 0.1) is 0 Å². The fourth-order valence-electron chi connectivity index (χ4n) is 2.28. The number of halogens is 1. The average Bonchev–Trinajstić information content (AvgIpc) is 2.91. The molecule has 0 spiro atoms. The second-order valence-corrected chi connectivity index (χ2v) is 5.66. The number of ether oxygens (including phenoxy) is 1. The summed E-state index contributed by atoms with van der Waals surface area (Å²) in [6.45, 7) is 0. The van der Waals surface area contributed by atoms with E-state index in [-0.39, 0.29) is 12.4 Å². The average molecular weight is 345 g/mol. The molecule has 0 fully saturated rings. The molecule has 0 bridgehead atoms. The highest BCUT2D eigenvalue weighted by atomic mass is 79.9. The molecule has 0 aliphatic heterocycles. The van der Waals surface area contributed by atoms with Crippen molar-refractivity contribution < 1.29 is 13.9 Å². The van der Waals surface area contributed by atoms with Crippen LogP contribution in [-0.2, 0) is 16.0 Å². The number of fused-ring (bicyclic) bond motifs is 1. The molecule has 3 rings (SSSR count). The molecular formula is C17H13BrO3. The lowest BCUT2D eigenvalue weighted by atomic mass is 10.0. The molecule has 3 nitrogen and oxygen atoms in total. The van der Waals surface area contributed by atoms with E-state index in [4.69, 9.17) is 9.15 Å². The second kappa shape index (κ2) is 5.74. The Morgan fingerprint density at radius 1 is 1.19 bits per heavy atom. The quantitative estimate of drug-likeness (QED) is 0.653. The van der Waals surface area contributed by atoms with Crippen molar-refractivity contribution in [2.24, 2.45) is 0 Å². The first-order chi connectivity index (χ1) is 10.2. The molecule has 3 aromatic rings. The Morgan fingerprint density at radius 2 is 1.95 bits per heavy atom. The van der Waals surface area contributed by atoms with Crippen LogP contribution in [-0.4, -0.2) is 13.1 Å². The van der Waals surface area contributed by atoms with Gasteiger partial charge in [-0.15, -0.1) is 0 Å². The number of hydrogen-bond donors (Lipinski definition) is 0. The minimum absolute atomic E-state index is 0.247. The predicted molar refractivity (Wildman–Crippen MR) is 85.1 cm³/mol. The first-order valence-corrected chi connectivity index (χ1v) is 7.29. The molecule has 1 heterocycles. The summed E-state index contributed by atoms with van der Waals surface area (Å²) in [5.41, 5.74) is 3.81. The Morgan fingerprint density at radius 3 is 2.67 bits per heavy atom. The van der Waals surface area contributed by atoms with Crippen LogP contribution < -0.4 is 0 Å². The fourth-order valence-corrected chi connectivity index (χ4v) is 2.54. The van der Waals surface area contributed by atoms with Crippen LogP contribution in [0.4, 0.5) is 0 Å². The molecule has 21 heavy (non-hydrogen) atoms. The van der Waals surface area contributed by atoms with Crippen molar-refractivity contribution in [2.75, 3.05) is 7.11 Å². The van der Waals surface area contributed by atoms with Gasteiger partial charge in [0.1, 0.15) is 5.58 Å². The van der Waals surface area contributed by atoms with Crippen molar-refractivity contribution in [2.45, 2.75) is 6.42 Å². The maximum atomic E-state index is 11.4. The third-order valence-electron chi connectivity index (χ3n) is 3.37. The molecule has 0 aliphatic rings. The number of benzene rings is 2. The Kier molecular flexibility index (Phi) is 3.80. The lowest BCUT2D eigenvalue weighted by molar-refractivity contribution is -0.139. The Bertz CT molecular complexity index is 787. The van der Waals surface area contributed by atoms with Crippen LogP contribution in [0.1, 0.15) is 5.56 Å². The van der Waals surface area contributed by atoms with E-state index in [1.165, 1.54) is 7.11 Å². The van der Waals surface area contributed by atoms with E-state index in [2.05, 4.69) is 15.9 Å². The first kappa shape index (κ1) is 13.9. The van der Waals surface area contributed by atoms with E-state index in [1.807, 2.05) is 42.5 Å². The topological polar surface area (TPSA) is 39.4 Å². The number of carbonyl (C=O) groups is 1. The van der Waals surface area contributed by atoms with Gasteiger partial charge in [0.05, 0.1) is 19.8 Å². The van der Waals surface area contributed by atoms with Gasteiger partial charge >= 0.3 is 5.97 Å². The summed E-state index contributed by atoms with van der Waals surface area (Å²) in [5, 5.41) is 0.999. The summed E-state index contributed by atoms with van der Waals surface area (Å²) in [7, 11) is 1.39. The molecule has 0 radical (unpaired) electrons. The summed E-state index contributed by atoms with van der Waals surface area (Å²) in [6, 6.07) is 13.8. The summed E-state index contributed by atoms with van der Waals surface area (Å²) < 4.78 is 11.3. The number of furan rings is 1. The molecule has 0 N–H and O–H groups in total. The van der Waals surface area contributed by atoms with Gasteiger partial charge in [0.2, 0.25) is 0 Å². The standard InChI is InChI=1S/C17H13BrO3/c1-20-17(19)9-11-2-7-16-14(8-11)15(10-21-16)12-3-5-13(18)6-4-12/h2-8,10H,9H2,1H3. The molecule has 0 atom stereocenters. The maximum absolute atomic E-state index is 11.4. The van der Waals surface area contributed by atoms with Gasteiger partial charge < -0.3 is 9.15 Å². The van der Waals surface area contributed by atoms with Crippen molar-refractivity contribution in [3.8, 4) is 11.1 Å². The second-order valence-electron chi connectivity index (χ2n) is 4.74. The molecule has 0 saturated carbocycles. The molecule has 106 valence electrons. The molecule has 2 aromatic carbocycles. The van der Waals surface area contributed by atoms with E-state index in [0.717, 1.165) is 32.1 Å². The summed E-state index contributed by atoms with van der Waals surface area (Å²) >= 11 is 3.43. The SMILES string of the molecule is COC(=O)Cc1ccc2occ(-c3ccc(Br)cc3)c2c1. The van der Waals surface area contributed by atoms with Gasteiger partial charge in [0, 0.05) is 15.4 Å². The van der Waals surface area contributed by atoms with Gasteiger partial charge in [-0.25, -0.2) is 0 Å². The predicted octanol–water partition coefficient (Wildman–Crippen LogP) is 4.58. The van der Waals surface area contributed by atoms with Gasteiger partial charge in [-0.05, 0) is 35.4 Å². The molecule has 0 saturated heterocycles. The molecule has 0 unspecified atom stereocenters. The van der Waals surface area contributed by atoms with Crippen LogP contribution in [0.25, 0.3) is 22.1 Å². The van der Waals surface area contributed by atoms with Crippen molar-refractivity contribution >= 4 is 32.9 Å². The summed E-state index contributed by atoms with van der Waals surface area (Å²) in [4.78, 5) is 11.4. The molecular weight excluding hydrogens is 332 g/mol. The number of rotatable bonds is 3. The smallest absolute Gasteiger partial charge is 0.309 e. The third-order valence-corrected chi connectivity index (χ3v) is 3.90. The number of carbonyl (C=O) groups excluding carboxylic acids is 1.